The zero-order valence-electron chi connectivity index (χ0n) is 9.77. The SMILES string of the molecule is COCC(C)S(=O)c1nc2ccc(N)cc2[nH]1. The number of aromatic amines is 1. The minimum absolute atomic E-state index is 0.0992. The summed E-state index contributed by atoms with van der Waals surface area (Å²) in [5, 5.41) is 0.369. The van der Waals surface area contributed by atoms with E-state index in [-0.39, 0.29) is 5.25 Å². The van der Waals surface area contributed by atoms with Crippen molar-refractivity contribution in [3.05, 3.63) is 18.2 Å². The Bertz CT molecular complexity index is 553. The standard InChI is InChI=1S/C11H15N3O2S/c1-7(6-16-2)17(15)11-13-9-4-3-8(12)5-10(9)14-11/h3-5,7H,6,12H2,1-2H3,(H,13,14). The van der Waals surface area contributed by atoms with Crippen molar-refractivity contribution < 1.29 is 8.95 Å². The van der Waals surface area contributed by atoms with E-state index in [2.05, 4.69) is 9.97 Å². The van der Waals surface area contributed by atoms with Crippen molar-refractivity contribution in [3.63, 3.8) is 0 Å². The summed E-state index contributed by atoms with van der Waals surface area (Å²) in [7, 11) is 0.391. The molecule has 0 bridgehead atoms. The number of ether oxygens (including phenoxy) is 1. The second-order valence-corrected chi connectivity index (χ2v) is 5.67. The number of benzene rings is 1. The molecule has 2 unspecified atom stereocenters. The fourth-order valence-corrected chi connectivity index (χ4v) is 2.63. The molecule has 0 spiro atoms. The topological polar surface area (TPSA) is 81.0 Å². The molecule has 0 aliphatic heterocycles. The predicted octanol–water partition coefficient (Wildman–Crippen LogP) is 1.29. The summed E-state index contributed by atoms with van der Waals surface area (Å²) in [5.41, 5.74) is 7.90. The lowest BCUT2D eigenvalue weighted by molar-refractivity contribution is 0.201. The number of fused-ring (bicyclic) bond motifs is 1. The lowest BCUT2D eigenvalue weighted by atomic mass is 10.3. The molecule has 92 valence electrons. The van der Waals surface area contributed by atoms with Gasteiger partial charge in [-0.3, -0.25) is 4.21 Å². The summed E-state index contributed by atoms with van der Waals surface area (Å²) in [6, 6.07) is 5.36. The second kappa shape index (κ2) is 4.85. The number of H-pyrrole nitrogens is 1. The Hall–Kier alpha value is -1.40. The maximum absolute atomic E-state index is 12.1. The molecule has 5 nitrogen and oxygen atoms in total. The van der Waals surface area contributed by atoms with Crippen molar-refractivity contribution in [1.29, 1.82) is 0 Å². The third kappa shape index (κ3) is 2.48. The van der Waals surface area contributed by atoms with E-state index in [1.165, 1.54) is 0 Å². The fraction of sp³-hybridized carbons (Fsp3) is 0.364. The van der Waals surface area contributed by atoms with Crippen molar-refractivity contribution in [1.82, 2.24) is 9.97 Å². The zero-order chi connectivity index (χ0) is 12.4. The van der Waals surface area contributed by atoms with E-state index in [0.29, 0.717) is 17.5 Å². The number of aromatic nitrogens is 2. The van der Waals surface area contributed by atoms with Crippen LogP contribution in [0.5, 0.6) is 0 Å². The van der Waals surface area contributed by atoms with Crippen LogP contribution in [-0.2, 0) is 15.5 Å². The van der Waals surface area contributed by atoms with Gasteiger partial charge in [-0.2, -0.15) is 0 Å². The molecule has 0 saturated carbocycles. The molecule has 2 atom stereocenters. The van der Waals surface area contributed by atoms with Crippen LogP contribution in [0.1, 0.15) is 6.92 Å². The first-order valence-corrected chi connectivity index (χ1v) is 6.48. The van der Waals surface area contributed by atoms with E-state index in [4.69, 9.17) is 10.5 Å². The van der Waals surface area contributed by atoms with Crippen molar-refractivity contribution in [2.24, 2.45) is 0 Å². The number of rotatable bonds is 4. The molecule has 0 aliphatic carbocycles. The lowest BCUT2D eigenvalue weighted by Gasteiger charge is -2.06. The minimum Gasteiger partial charge on any atom is -0.399 e. The number of nitrogens with zero attached hydrogens (tertiary/aromatic N) is 1. The Morgan fingerprint density at radius 3 is 3.06 bits per heavy atom. The van der Waals surface area contributed by atoms with Crippen LogP contribution < -0.4 is 5.73 Å². The summed E-state index contributed by atoms with van der Waals surface area (Å²) in [6.45, 7) is 2.30. The average molecular weight is 253 g/mol. The average Bonchev–Trinajstić information content (AvgIpc) is 2.71. The van der Waals surface area contributed by atoms with Crippen LogP contribution in [0, 0.1) is 0 Å². The van der Waals surface area contributed by atoms with Crippen molar-refractivity contribution in [3.8, 4) is 0 Å². The first-order valence-electron chi connectivity index (χ1n) is 5.26. The quantitative estimate of drug-likeness (QED) is 0.804. The minimum atomic E-state index is -1.20. The molecule has 3 N–H and O–H groups in total. The first-order chi connectivity index (χ1) is 8.11. The van der Waals surface area contributed by atoms with Crippen LogP contribution in [0.2, 0.25) is 0 Å². The number of nitrogens with one attached hydrogen (secondary N) is 1. The zero-order valence-corrected chi connectivity index (χ0v) is 10.6. The van der Waals surface area contributed by atoms with E-state index in [1.807, 2.05) is 13.0 Å². The monoisotopic (exact) mass is 253 g/mol. The van der Waals surface area contributed by atoms with E-state index in [1.54, 1.807) is 19.2 Å². The molecule has 1 aromatic carbocycles. The van der Waals surface area contributed by atoms with Gasteiger partial charge < -0.3 is 15.5 Å². The van der Waals surface area contributed by atoms with Crippen molar-refractivity contribution >= 4 is 27.5 Å². The molecule has 2 aromatic rings. The fourth-order valence-electron chi connectivity index (χ4n) is 1.59. The van der Waals surface area contributed by atoms with Crippen molar-refractivity contribution in [2.45, 2.75) is 17.3 Å². The third-order valence-electron chi connectivity index (χ3n) is 2.44. The largest absolute Gasteiger partial charge is 0.399 e. The van der Waals surface area contributed by atoms with Crippen LogP contribution in [0.15, 0.2) is 23.4 Å². The highest BCUT2D eigenvalue weighted by atomic mass is 32.2. The van der Waals surface area contributed by atoms with E-state index < -0.39 is 10.8 Å². The molecule has 0 aliphatic rings. The number of anilines is 1. The Balaban J connectivity index is 2.33. The number of nitrogens with two attached hydrogens (primary N) is 1. The Kier molecular flexibility index (Phi) is 3.44. The van der Waals surface area contributed by atoms with Crippen LogP contribution in [0.4, 0.5) is 5.69 Å². The van der Waals surface area contributed by atoms with Crippen LogP contribution >= 0.6 is 0 Å². The molecule has 1 aromatic heterocycles. The van der Waals surface area contributed by atoms with Crippen LogP contribution in [0.3, 0.4) is 0 Å². The van der Waals surface area contributed by atoms with E-state index in [9.17, 15) is 4.21 Å². The second-order valence-electron chi connectivity index (χ2n) is 3.88. The number of nitrogen functional groups attached to an aromatic ring is 1. The highest BCUT2D eigenvalue weighted by molar-refractivity contribution is 7.85. The lowest BCUT2D eigenvalue weighted by Crippen LogP contribution is -2.17. The maximum atomic E-state index is 12.1. The molecular formula is C11H15N3O2S. The van der Waals surface area contributed by atoms with Gasteiger partial charge in [0.15, 0.2) is 5.16 Å². The Morgan fingerprint density at radius 2 is 2.35 bits per heavy atom. The van der Waals surface area contributed by atoms with Gasteiger partial charge in [-0.05, 0) is 25.1 Å². The summed E-state index contributed by atoms with van der Waals surface area (Å²) in [6.07, 6.45) is 0. The number of imidazole rings is 1. The first kappa shape index (κ1) is 12.1. The van der Waals surface area contributed by atoms with Gasteiger partial charge in [0.05, 0.1) is 33.7 Å². The van der Waals surface area contributed by atoms with Gasteiger partial charge in [0, 0.05) is 12.8 Å². The van der Waals surface area contributed by atoms with Gasteiger partial charge in [0.25, 0.3) is 0 Å². The van der Waals surface area contributed by atoms with Gasteiger partial charge in [0.1, 0.15) is 0 Å². The van der Waals surface area contributed by atoms with E-state index >= 15 is 0 Å². The smallest absolute Gasteiger partial charge is 0.197 e. The number of hydrogen-bond donors (Lipinski definition) is 2. The van der Waals surface area contributed by atoms with E-state index in [0.717, 1.165) is 11.0 Å². The Morgan fingerprint density at radius 1 is 1.59 bits per heavy atom. The molecular weight excluding hydrogens is 238 g/mol. The third-order valence-corrected chi connectivity index (χ3v) is 3.88. The van der Waals surface area contributed by atoms with Crippen LogP contribution in [-0.4, -0.2) is 33.1 Å². The summed E-state index contributed by atoms with van der Waals surface area (Å²) < 4.78 is 17.1. The predicted molar refractivity (Wildman–Crippen MR) is 68.3 cm³/mol. The Labute approximate surface area is 102 Å². The summed E-state index contributed by atoms with van der Waals surface area (Å²) in [4.78, 5) is 7.32. The molecule has 0 saturated heterocycles. The number of methoxy groups -OCH3 is 1. The molecule has 1 heterocycles. The van der Waals surface area contributed by atoms with Gasteiger partial charge in [-0.15, -0.1) is 0 Å². The molecule has 2 rings (SSSR count). The van der Waals surface area contributed by atoms with Gasteiger partial charge in [-0.1, -0.05) is 0 Å². The van der Waals surface area contributed by atoms with Crippen molar-refractivity contribution in [2.75, 3.05) is 19.5 Å². The molecule has 0 radical (unpaired) electrons. The van der Waals surface area contributed by atoms with Gasteiger partial charge >= 0.3 is 0 Å². The summed E-state index contributed by atoms with van der Waals surface area (Å²) in [5.74, 6) is 0. The summed E-state index contributed by atoms with van der Waals surface area (Å²) >= 11 is 0. The highest BCUT2D eigenvalue weighted by Gasteiger charge is 2.16. The van der Waals surface area contributed by atoms with Gasteiger partial charge in [0.2, 0.25) is 0 Å². The van der Waals surface area contributed by atoms with Gasteiger partial charge in [-0.25, -0.2) is 4.98 Å². The highest BCUT2D eigenvalue weighted by Crippen LogP contribution is 2.17. The molecule has 0 amide bonds. The molecule has 0 fully saturated rings. The normalized spacial score (nSPS) is 14.9. The number of hydrogen-bond acceptors (Lipinski definition) is 4. The molecule has 17 heavy (non-hydrogen) atoms. The molecule has 6 heteroatoms. The van der Waals surface area contributed by atoms with Crippen LogP contribution in [0.25, 0.3) is 11.0 Å². The maximum Gasteiger partial charge on any atom is 0.197 e.